The van der Waals surface area contributed by atoms with Crippen molar-refractivity contribution in [2.24, 2.45) is 5.73 Å². The van der Waals surface area contributed by atoms with Crippen molar-refractivity contribution in [2.45, 2.75) is 5.92 Å². The number of hydrogen-bond donors (Lipinski definition) is 1. The molecule has 0 bridgehead atoms. The molecule has 38 heavy (non-hydrogen) atoms. The number of ether oxygens (including phenoxy) is 4. The lowest BCUT2D eigenvalue weighted by atomic mass is 9.83. The molecular formula is C25H14BrCl5N2O5. The normalized spacial score (nSPS) is 14.3. The highest BCUT2D eigenvalue weighted by atomic mass is 79.9. The Morgan fingerprint density at radius 3 is 2.32 bits per heavy atom. The number of nitriles is 1. The van der Waals surface area contributed by atoms with E-state index in [0.717, 1.165) is 4.47 Å². The zero-order valence-electron chi connectivity index (χ0n) is 19.1. The molecule has 0 saturated carbocycles. The Bertz CT molecular complexity index is 1510. The van der Waals surface area contributed by atoms with Crippen LogP contribution in [0.15, 0.2) is 52.3 Å². The van der Waals surface area contributed by atoms with E-state index in [2.05, 4.69) is 22.0 Å². The summed E-state index contributed by atoms with van der Waals surface area (Å²) in [7, 11) is 1.53. The standard InChI is InChI=1S/C25H14BrCl5N2O5/c1-35-15-5-2-10(26)6-13(15)18-12-4-3-11(7-16(12)38-25(33)14(18)8-32)37-17(34)9-36-24-22(30)20(28)19(27)21(29)23(24)31/h2-7,18H,9,33H2,1H3. The van der Waals surface area contributed by atoms with Gasteiger partial charge >= 0.3 is 5.97 Å². The lowest BCUT2D eigenvalue weighted by Crippen LogP contribution is -2.22. The second-order valence-electron chi connectivity index (χ2n) is 7.67. The molecule has 3 aromatic carbocycles. The zero-order chi connectivity index (χ0) is 27.7. The average molecular weight is 680 g/mol. The topological polar surface area (TPSA) is 104 Å². The monoisotopic (exact) mass is 676 g/mol. The highest BCUT2D eigenvalue weighted by Gasteiger charge is 2.33. The maximum Gasteiger partial charge on any atom is 0.349 e. The predicted molar refractivity (Wildman–Crippen MR) is 149 cm³/mol. The molecule has 0 amide bonds. The van der Waals surface area contributed by atoms with Crippen molar-refractivity contribution >= 4 is 79.9 Å². The van der Waals surface area contributed by atoms with Crippen LogP contribution < -0.4 is 24.7 Å². The third-order valence-electron chi connectivity index (χ3n) is 5.43. The van der Waals surface area contributed by atoms with Crippen molar-refractivity contribution in [3.8, 4) is 29.1 Å². The molecule has 1 unspecified atom stereocenters. The van der Waals surface area contributed by atoms with Gasteiger partial charge in [-0.05, 0) is 24.3 Å². The van der Waals surface area contributed by atoms with E-state index < -0.39 is 18.5 Å². The summed E-state index contributed by atoms with van der Waals surface area (Å²) in [6.45, 7) is -0.579. The van der Waals surface area contributed by atoms with E-state index in [9.17, 15) is 10.1 Å². The average Bonchev–Trinajstić information content (AvgIpc) is 2.89. The summed E-state index contributed by atoms with van der Waals surface area (Å²) in [6.07, 6.45) is 0. The first-order valence-electron chi connectivity index (χ1n) is 10.5. The lowest BCUT2D eigenvalue weighted by molar-refractivity contribution is -0.136. The molecule has 1 atom stereocenters. The van der Waals surface area contributed by atoms with Crippen molar-refractivity contribution in [2.75, 3.05) is 13.7 Å². The van der Waals surface area contributed by atoms with E-state index >= 15 is 0 Å². The van der Waals surface area contributed by atoms with Gasteiger partial charge in [-0.25, -0.2) is 4.79 Å². The fourth-order valence-corrected chi connectivity index (χ4v) is 5.36. The summed E-state index contributed by atoms with van der Waals surface area (Å²) in [5, 5.41) is 9.42. The second-order valence-corrected chi connectivity index (χ2v) is 10.5. The summed E-state index contributed by atoms with van der Waals surface area (Å²) in [5.41, 5.74) is 7.61. The van der Waals surface area contributed by atoms with E-state index in [1.807, 2.05) is 12.1 Å². The van der Waals surface area contributed by atoms with Gasteiger partial charge in [-0.1, -0.05) is 80.0 Å². The molecule has 1 aliphatic heterocycles. The predicted octanol–water partition coefficient (Wildman–Crippen LogP) is 7.93. The number of halogens is 6. The molecule has 1 heterocycles. The number of fused-ring (bicyclic) bond motifs is 1. The minimum absolute atomic E-state index is 0.0426. The molecule has 1 aliphatic rings. The number of esters is 1. The van der Waals surface area contributed by atoms with Crippen LogP contribution in [0.25, 0.3) is 0 Å². The van der Waals surface area contributed by atoms with Crippen LogP contribution in [-0.2, 0) is 4.79 Å². The Hall–Kier alpha value is -2.51. The van der Waals surface area contributed by atoms with Crippen LogP contribution in [0.2, 0.25) is 25.1 Å². The third kappa shape index (κ3) is 5.46. The molecule has 7 nitrogen and oxygen atoms in total. The maximum absolute atomic E-state index is 12.5. The van der Waals surface area contributed by atoms with Crippen molar-refractivity contribution in [1.82, 2.24) is 0 Å². The number of nitrogens with zero attached hydrogens (tertiary/aromatic N) is 1. The number of methoxy groups -OCH3 is 1. The van der Waals surface area contributed by atoms with E-state index in [1.165, 1.54) is 13.2 Å². The molecule has 0 radical (unpaired) electrons. The van der Waals surface area contributed by atoms with Gasteiger partial charge in [-0.15, -0.1) is 0 Å². The van der Waals surface area contributed by atoms with Gasteiger partial charge in [0, 0.05) is 21.7 Å². The summed E-state index contributed by atoms with van der Waals surface area (Å²) in [4.78, 5) is 12.5. The van der Waals surface area contributed by atoms with E-state index in [1.54, 1.807) is 18.2 Å². The zero-order valence-corrected chi connectivity index (χ0v) is 24.4. The van der Waals surface area contributed by atoms with E-state index in [4.69, 9.17) is 82.7 Å². The van der Waals surface area contributed by atoms with Crippen LogP contribution in [0.1, 0.15) is 17.0 Å². The van der Waals surface area contributed by atoms with Crippen LogP contribution in [0.4, 0.5) is 0 Å². The molecule has 0 aliphatic carbocycles. The van der Waals surface area contributed by atoms with Gasteiger partial charge in [-0.2, -0.15) is 5.26 Å². The Morgan fingerprint density at radius 2 is 1.68 bits per heavy atom. The fourth-order valence-electron chi connectivity index (χ4n) is 3.75. The maximum atomic E-state index is 12.5. The van der Waals surface area contributed by atoms with Crippen LogP contribution in [0.3, 0.4) is 0 Å². The number of carbonyl (C=O) groups is 1. The van der Waals surface area contributed by atoms with E-state index in [0.29, 0.717) is 22.6 Å². The number of allylic oxidation sites excluding steroid dienone is 1. The molecule has 0 aromatic heterocycles. The van der Waals surface area contributed by atoms with Gasteiger partial charge in [0.15, 0.2) is 12.4 Å². The first kappa shape index (κ1) is 28.5. The molecular weight excluding hydrogens is 665 g/mol. The quantitative estimate of drug-likeness (QED) is 0.122. The van der Waals surface area contributed by atoms with Crippen LogP contribution >= 0.6 is 73.9 Å². The number of nitrogens with two attached hydrogens (primary N) is 1. The molecule has 4 rings (SSSR count). The SMILES string of the molecule is COc1ccc(Br)cc1C1C(C#N)=C(N)Oc2cc(OC(=O)COc3c(Cl)c(Cl)c(Cl)c(Cl)c3Cl)ccc21. The van der Waals surface area contributed by atoms with Gasteiger partial charge in [0.25, 0.3) is 0 Å². The first-order chi connectivity index (χ1) is 18.1. The number of rotatable bonds is 6. The van der Waals surface area contributed by atoms with Crippen LogP contribution in [-0.4, -0.2) is 19.7 Å². The van der Waals surface area contributed by atoms with Gasteiger partial charge in [0.1, 0.15) is 38.9 Å². The third-order valence-corrected chi connectivity index (χ3v) is 8.16. The van der Waals surface area contributed by atoms with Gasteiger partial charge in [0.2, 0.25) is 5.88 Å². The number of carbonyl (C=O) groups excluding carboxylic acids is 1. The molecule has 0 saturated heterocycles. The molecule has 3 aromatic rings. The smallest absolute Gasteiger partial charge is 0.349 e. The Kier molecular flexibility index (Phi) is 8.78. The Labute approximate surface area is 250 Å². The largest absolute Gasteiger partial charge is 0.496 e. The summed E-state index contributed by atoms with van der Waals surface area (Å²) in [6, 6.07) is 12.2. The van der Waals surface area contributed by atoms with Crippen molar-refractivity contribution < 1.29 is 23.7 Å². The summed E-state index contributed by atoms with van der Waals surface area (Å²) < 4.78 is 22.8. The number of hydrogen-bond acceptors (Lipinski definition) is 7. The lowest BCUT2D eigenvalue weighted by Gasteiger charge is -2.27. The van der Waals surface area contributed by atoms with Gasteiger partial charge in [-0.3, -0.25) is 0 Å². The van der Waals surface area contributed by atoms with Crippen LogP contribution in [0, 0.1) is 11.3 Å². The number of benzene rings is 3. The second kappa shape index (κ2) is 11.7. The minimum Gasteiger partial charge on any atom is -0.496 e. The highest BCUT2D eigenvalue weighted by Crippen LogP contribution is 2.49. The minimum atomic E-state index is -0.790. The van der Waals surface area contributed by atoms with Gasteiger partial charge < -0.3 is 24.7 Å². The van der Waals surface area contributed by atoms with Crippen molar-refractivity contribution in [3.05, 3.63) is 88.6 Å². The highest BCUT2D eigenvalue weighted by molar-refractivity contribution is 9.10. The summed E-state index contributed by atoms with van der Waals surface area (Å²) in [5.74, 6) is -0.601. The molecule has 196 valence electrons. The molecule has 13 heteroatoms. The first-order valence-corrected chi connectivity index (χ1v) is 13.2. The molecule has 0 spiro atoms. The molecule has 2 N–H and O–H groups in total. The van der Waals surface area contributed by atoms with Gasteiger partial charge in [0.05, 0.1) is 28.1 Å². The fraction of sp³-hybridized carbons (Fsp3) is 0.120. The van der Waals surface area contributed by atoms with E-state index in [-0.39, 0.29) is 48.1 Å². The summed E-state index contributed by atoms with van der Waals surface area (Å²) >= 11 is 33.7. The molecule has 0 fully saturated rings. The Morgan fingerprint density at radius 1 is 1.03 bits per heavy atom. The van der Waals surface area contributed by atoms with Crippen LogP contribution in [0.5, 0.6) is 23.0 Å². The van der Waals surface area contributed by atoms with Crippen molar-refractivity contribution in [3.63, 3.8) is 0 Å². The van der Waals surface area contributed by atoms with Crippen molar-refractivity contribution in [1.29, 1.82) is 5.26 Å². The Balaban J connectivity index is 1.60.